The van der Waals surface area contributed by atoms with Crippen molar-refractivity contribution in [1.29, 1.82) is 0 Å². The third-order valence-corrected chi connectivity index (χ3v) is 9.12. The number of nitrogens with one attached hydrogen (secondary N) is 2. The lowest BCUT2D eigenvalue weighted by Gasteiger charge is -2.37. The van der Waals surface area contributed by atoms with Crippen molar-refractivity contribution >= 4 is 40.6 Å². The number of halogens is 3. The highest BCUT2D eigenvalue weighted by molar-refractivity contribution is 6.31. The molecule has 204 valence electrons. The summed E-state index contributed by atoms with van der Waals surface area (Å²) in [6.07, 6.45) is 2.76. The SMILES string of the molecule is CC(C)(C)C[C@H]1N[C@@H](C(=O)CC2CC[C@@](C)(O)C2)[C@H](c2cccc(Cl)c2F)[C@@]12C(=O)Nc1cc(Cl)ccc12. The lowest BCUT2D eigenvalue weighted by molar-refractivity contribution is -0.123. The van der Waals surface area contributed by atoms with Gasteiger partial charge in [0.05, 0.1) is 16.7 Å². The van der Waals surface area contributed by atoms with Gasteiger partial charge in [0, 0.05) is 29.1 Å². The Hall–Kier alpha value is -1.99. The second-order valence-electron chi connectivity index (χ2n) is 12.9. The van der Waals surface area contributed by atoms with E-state index in [1.54, 1.807) is 31.2 Å². The van der Waals surface area contributed by atoms with E-state index in [0.29, 0.717) is 35.5 Å². The Morgan fingerprint density at radius 2 is 1.95 bits per heavy atom. The Morgan fingerprint density at radius 1 is 1.21 bits per heavy atom. The van der Waals surface area contributed by atoms with E-state index in [1.165, 1.54) is 6.07 Å². The molecule has 0 bridgehead atoms. The number of aliphatic hydroxyl groups is 1. The molecule has 5 rings (SSSR count). The Kier molecular flexibility index (Phi) is 6.95. The standard InChI is InChI=1S/C30H35Cl2FN2O3/c1-28(2,3)15-23-30(19-9-8-17(31)13-21(19)34-27(30)37)24(18-6-5-7-20(32)25(18)33)26(35-23)22(36)12-16-10-11-29(4,38)14-16/h5-9,13,16,23-24,26,35,38H,10-12,14-15H2,1-4H3,(H,34,37)/t16?,23-,24+,26+,29-,30+/m1/s1. The fourth-order valence-corrected chi connectivity index (χ4v) is 7.48. The third kappa shape index (κ3) is 4.68. The summed E-state index contributed by atoms with van der Waals surface area (Å²) in [5.41, 5.74) is -0.699. The minimum absolute atomic E-state index is 0.0327. The van der Waals surface area contributed by atoms with Crippen LogP contribution in [0.1, 0.15) is 76.8 Å². The van der Waals surface area contributed by atoms with Gasteiger partial charge in [0.2, 0.25) is 5.91 Å². The number of fused-ring (bicyclic) bond motifs is 2. The Labute approximate surface area is 233 Å². The molecule has 1 saturated heterocycles. The van der Waals surface area contributed by atoms with Crippen LogP contribution >= 0.6 is 23.2 Å². The van der Waals surface area contributed by atoms with Gasteiger partial charge in [0.15, 0.2) is 5.78 Å². The molecule has 2 fully saturated rings. The molecule has 38 heavy (non-hydrogen) atoms. The minimum Gasteiger partial charge on any atom is -0.390 e. The first-order valence-electron chi connectivity index (χ1n) is 13.3. The summed E-state index contributed by atoms with van der Waals surface area (Å²) in [6, 6.07) is 8.78. The molecule has 1 amide bonds. The average Bonchev–Trinajstić information content (AvgIpc) is 3.41. The van der Waals surface area contributed by atoms with E-state index in [9.17, 15) is 14.7 Å². The molecule has 2 heterocycles. The number of benzene rings is 2. The largest absolute Gasteiger partial charge is 0.390 e. The highest BCUT2D eigenvalue weighted by Crippen LogP contribution is 2.57. The maximum atomic E-state index is 15.8. The number of ketones is 1. The van der Waals surface area contributed by atoms with Crippen LogP contribution in [-0.4, -0.2) is 34.5 Å². The van der Waals surface area contributed by atoms with Gasteiger partial charge in [-0.05, 0) is 73.3 Å². The smallest absolute Gasteiger partial charge is 0.237 e. The van der Waals surface area contributed by atoms with Gasteiger partial charge in [-0.2, -0.15) is 0 Å². The van der Waals surface area contributed by atoms with E-state index in [4.69, 9.17) is 23.2 Å². The van der Waals surface area contributed by atoms with Crippen molar-refractivity contribution in [2.75, 3.05) is 5.32 Å². The summed E-state index contributed by atoms with van der Waals surface area (Å²) >= 11 is 12.5. The van der Waals surface area contributed by atoms with Gasteiger partial charge in [-0.1, -0.05) is 62.2 Å². The molecule has 5 nitrogen and oxygen atoms in total. The maximum Gasteiger partial charge on any atom is 0.237 e. The van der Waals surface area contributed by atoms with Crippen LogP contribution in [0.2, 0.25) is 10.0 Å². The van der Waals surface area contributed by atoms with Crippen molar-refractivity contribution in [2.24, 2.45) is 11.3 Å². The fraction of sp³-hybridized carbons (Fsp3) is 0.533. The van der Waals surface area contributed by atoms with Crippen LogP contribution in [0.4, 0.5) is 10.1 Å². The number of carbonyl (C=O) groups excluding carboxylic acids is 2. The Bertz CT molecular complexity index is 1290. The molecular weight excluding hydrogens is 526 g/mol. The fourth-order valence-electron chi connectivity index (χ4n) is 7.13. The zero-order valence-corrected chi connectivity index (χ0v) is 23.7. The van der Waals surface area contributed by atoms with E-state index in [0.717, 1.165) is 6.42 Å². The zero-order chi connectivity index (χ0) is 27.6. The topological polar surface area (TPSA) is 78.4 Å². The number of Topliss-reactive ketones (excluding diaryl/α,β-unsaturated/α-hetero) is 1. The number of amides is 1. The molecule has 3 N–H and O–H groups in total. The van der Waals surface area contributed by atoms with Gasteiger partial charge in [-0.3, -0.25) is 9.59 Å². The Morgan fingerprint density at radius 3 is 2.61 bits per heavy atom. The maximum absolute atomic E-state index is 15.8. The van der Waals surface area contributed by atoms with Crippen molar-refractivity contribution < 1.29 is 19.1 Å². The minimum atomic E-state index is -1.25. The summed E-state index contributed by atoms with van der Waals surface area (Å²) in [5.74, 6) is -1.77. The molecule has 2 aromatic carbocycles. The molecule has 1 aliphatic carbocycles. The molecule has 0 radical (unpaired) electrons. The average molecular weight is 562 g/mol. The molecule has 1 saturated carbocycles. The Balaban J connectivity index is 1.68. The van der Waals surface area contributed by atoms with Crippen molar-refractivity contribution in [2.45, 2.75) is 88.8 Å². The molecular formula is C30H35Cl2FN2O3. The molecule has 8 heteroatoms. The van der Waals surface area contributed by atoms with Gasteiger partial charge >= 0.3 is 0 Å². The van der Waals surface area contributed by atoms with Gasteiger partial charge in [-0.25, -0.2) is 4.39 Å². The summed E-state index contributed by atoms with van der Waals surface area (Å²) in [6.45, 7) is 8.06. The molecule has 3 aliphatic rings. The second-order valence-corrected chi connectivity index (χ2v) is 13.7. The number of hydrogen-bond donors (Lipinski definition) is 3. The summed E-state index contributed by atoms with van der Waals surface area (Å²) in [7, 11) is 0. The van der Waals surface area contributed by atoms with Gasteiger partial charge in [0.25, 0.3) is 0 Å². The van der Waals surface area contributed by atoms with Crippen LogP contribution in [0.15, 0.2) is 36.4 Å². The lowest BCUT2D eigenvalue weighted by Crippen LogP contribution is -2.49. The quantitative estimate of drug-likeness (QED) is 0.395. The monoisotopic (exact) mass is 560 g/mol. The van der Waals surface area contributed by atoms with Crippen molar-refractivity contribution in [3.05, 3.63) is 63.4 Å². The third-order valence-electron chi connectivity index (χ3n) is 8.59. The molecule has 6 atom stereocenters. The van der Waals surface area contributed by atoms with Crippen molar-refractivity contribution in [3.8, 4) is 0 Å². The second kappa shape index (κ2) is 9.58. The van der Waals surface area contributed by atoms with Crippen LogP contribution in [0.5, 0.6) is 0 Å². The zero-order valence-electron chi connectivity index (χ0n) is 22.2. The molecule has 1 spiro atoms. The van der Waals surface area contributed by atoms with Crippen molar-refractivity contribution in [1.82, 2.24) is 5.32 Å². The van der Waals surface area contributed by atoms with Crippen LogP contribution < -0.4 is 10.6 Å². The summed E-state index contributed by atoms with van der Waals surface area (Å²) in [4.78, 5) is 28.2. The van der Waals surface area contributed by atoms with Crippen LogP contribution in [0, 0.1) is 17.2 Å². The first-order chi connectivity index (χ1) is 17.7. The number of carbonyl (C=O) groups is 2. The van der Waals surface area contributed by atoms with Crippen molar-refractivity contribution in [3.63, 3.8) is 0 Å². The molecule has 2 aromatic rings. The molecule has 1 unspecified atom stereocenters. The van der Waals surface area contributed by atoms with E-state index >= 15 is 4.39 Å². The van der Waals surface area contributed by atoms with Crippen LogP contribution in [-0.2, 0) is 15.0 Å². The number of anilines is 1. The predicted molar refractivity (Wildman–Crippen MR) is 148 cm³/mol. The lowest BCUT2D eigenvalue weighted by atomic mass is 9.62. The van der Waals surface area contributed by atoms with E-state index in [2.05, 4.69) is 31.4 Å². The number of hydrogen-bond acceptors (Lipinski definition) is 4. The molecule has 2 aliphatic heterocycles. The summed E-state index contributed by atoms with van der Waals surface area (Å²) < 4.78 is 15.8. The van der Waals surface area contributed by atoms with Crippen LogP contribution in [0.25, 0.3) is 0 Å². The first-order valence-corrected chi connectivity index (χ1v) is 14.0. The molecule has 0 aromatic heterocycles. The normalized spacial score (nSPS) is 32.6. The van der Waals surface area contributed by atoms with Gasteiger partial charge in [0.1, 0.15) is 11.2 Å². The van der Waals surface area contributed by atoms with Gasteiger partial charge in [-0.15, -0.1) is 0 Å². The highest BCUT2D eigenvalue weighted by atomic mass is 35.5. The first kappa shape index (κ1) is 27.6. The predicted octanol–water partition coefficient (Wildman–Crippen LogP) is 6.39. The van der Waals surface area contributed by atoms with Crippen LogP contribution in [0.3, 0.4) is 0 Å². The van der Waals surface area contributed by atoms with Gasteiger partial charge < -0.3 is 15.7 Å². The van der Waals surface area contributed by atoms with E-state index < -0.39 is 34.8 Å². The highest BCUT2D eigenvalue weighted by Gasteiger charge is 2.66. The van der Waals surface area contributed by atoms with E-state index in [-0.39, 0.29) is 40.0 Å². The summed E-state index contributed by atoms with van der Waals surface area (Å²) in [5, 5.41) is 17.5. The van der Waals surface area contributed by atoms with E-state index in [1.807, 2.05) is 6.07 Å². The number of rotatable bonds is 5.